The second-order valence-electron chi connectivity index (χ2n) is 8.08. The number of carbonyl (C=O) groups excluding carboxylic acids is 2. The number of amides is 1. The highest BCUT2D eigenvalue weighted by Gasteiger charge is 2.46. The van der Waals surface area contributed by atoms with Crippen molar-refractivity contribution < 1.29 is 24.2 Å². The third-order valence-corrected chi connectivity index (χ3v) is 6.16. The molecule has 2 aromatic rings. The predicted molar refractivity (Wildman–Crippen MR) is 132 cm³/mol. The Kier molecular flexibility index (Phi) is 8.71. The molecule has 1 N–H and O–H groups in total. The highest BCUT2D eigenvalue weighted by Crippen LogP contribution is 2.42. The summed E-state index contributed by atoms with van der Waals surface area (Å²) in [6, 6.07) is 13.5. The Balaban J connectivity index is 2.07. The van der Waals surface area contributed by atoms with Crippen molar-refractivity contribution in [2.24, 2.45) is 0 Å². The number of hydrogen-bond donors (Lipinski definition) is 1. The number of aliphatic hydroxyl groups excluding tert-OH is 1. The van der Waals surface area contributed by atoms with E-state index in [1.165, 1.54) is 0 Å². The summed E-state index contributed by atoms with van der Waals surface area (Å²) in [5, 5.41) is 11.1. The van der Waals surface area contributed by atoms with E-state index in [2.05, 4.69) is 18.7 Å². The Hall–Kier alpha value is -3.32. The van der Waals surface area contributed by atoms with Crippen LogP contribution in [0.25, 0.3) is 5.76 Å². The zero-order chi connectivity index (χ0) is 24.7. The van der Waals surface area contributed by atoms with Gasteiger partial charge in [-0.25, -0.2) is 0 Å². The second kappa shape index (κ2) is 11.7. The quantitative estimate of drug-likeness (QED) is 0.303. The topological polar surface area (TPSA) is 79.3 Å². The van der Waals surface area contributed by atoms with Crippen molar-refractivity contribution >= 4 is 17.4 Å². The molecule has 34 heavy (non-hydrogen) atoms. The SMILES string of the molecule is CCOc1ccc([C@@H]2/C(=C(\O)c3ccccc3)C(=O)C(=O)N2CCCN(CC)CC)cc1OC. The number of ether oxygens (including phenoxy) is 2. The molecule has 0 saturated carbocycles. The van der Waals surface area contributed by atoms with Crippen LogP contribution in [0.5, 0.6) is 11.5 Å². The molecular weight excluding hydrogens is 432 g/mol. The van der Waals surface area contributed by atoms with Gasteiger partial charge in [-0.05, 0) is 50.7 Å². The molecule has 0 bridgehead atoms. The Bertz CT molecular complexity index is 1030. The van der Waals surface area contributed by atoms with Crippen LogP contribution < -0.4 is 9.47 Å². The van der Waals surface area contributed by atoms with Crippen LogP contribution in [0.1, 0.15) is 44.4 Å². The van der Waals surface area contributed by atoms with Gasteiger partial charge in [0.2, 0.25) is 0 Å². The van der Waals surface area contributed by atoms with Gasteiger partial charge in [0.1, 0.15) is 5.76 Å². The monoisotopic (exact) mass is 466 g/mol. The van der Waals surface area contributed by atoms with Crippen molar-refractivity contribution in [1.82, 2.24) is 9.80 Å². The Morgan fingerprint density at radius 1 is 1.03 bits per heavy atom. The molecule has 0 aromatic heterocycles. The summed E-state index contributed by atoms with van der Waals surface area (Å²) in [4.78, 5) is 30.1. The van der Waals surface area contributed by atoms with Gasteiger partial charge >= 0.3 is 0 Å². The van der Waals surface area contributed by atoms with Gasteiger partial charge in [0.15, 0.2) is 11.5 Å². The van der Waals surface area contributed by atoms with Gasteiger partial charge in [-0.15, -0.1) is 0 Å². The molecule has 0 radical (unpaired) electrons. The molecule has 2 aromatic carbocycles. The Morgan fingerprint density at radius 2 is 1.74 bits per heavy atom. The van der Waals surface area contributed by atoms with Crippen LogP contribution in [-0.2, 0) is 9.59 Å². The fourth-order valence-electron chi connectivity index (χ4n) is 4.34. The summed E-state index contributed by atoms with van der Waals surface area (Å²) in [5.74, 6) is -0.372. The third-order valence-electron chi connectivity index (χ3n) is 6.16. The standard InChI is InChI=1S/C27H34N2O5/c1-5-28(6-2)16-11-17-29-24(20-14-15-21(34-7-3)22(18-20)33-4)23(26(31)27(29)32)25(30)19-12-9-8-10-13-19/h8-10,12-15,18,24,30H,5-7,11,16-17H2,1-4H3/b25-23+/t24-/m1/s1. The average molecular weight is 467 g/mol. The molecular formula is C27H34N2O5. The largest absolute Gasteiger partial charge is 0.507 e. The lowest BCUT2D eigenvalue weighted by Gasteiger charge is -2.27. The fourth-order valence-corrected chi connectivity index (χ4v) is 4.34. The van der Waals surface area contributed by atoms with Crippen LogP contribution in [0.15, 0.2) is 54.1 Å². The summed E-state index contributed by atoms with van der Waals surface area (Å²) >= 11 is 0. The summed E-state index contributed by atoms with van der Waals surface area (Å²) in [5.41, 5.74) is 1.26. The van der Waals surface area contributed by atoms with E-state index in [0.29, 0.717) is 42.2 Å². The van der Waals surface area contributed by atoms with E-state index in [-0.39, 0.29) is 11.3 Å². The lowest BCUT2D eigenvalue weighted by Crippen LogP contribution is -2.33. The van der Waals surface area contributed by atoms with Gasteiger partial charge in [0.05, 0.1) is 25.3 Å². The number of Topliss-reactive ketones (excluding diaryl/α,β-unsaturated/α-hetero) is 1. The number of aliphatic hydroxyl groups is 1. The minimum Gasteiger partial charge on any atom is -0.507 e. The second-order valence-corrected chi connectivity index (χ2v) is 8.08. The number of benzene rings is 2. The molecule has 7 nitrogen and oxygen atoms in total. The number of likely N-dealkylation sites (tertiary alicyclic amines) is 1. The summed E-state index contributed by atoms with van der Waals surface area (Å²) in [7, 11) is 1.55. The number of carbonyl (C=O) groups is 2. The lowest BCUT2D eigenvalue weighted by atomic mass is 9.95. The molecule has 7 heteroatoms. The number of nitrogens with zero attached hydrogens (tertiary/aromatic N) is 2. The third kappa shape index (κ3) is 5.25. The van der Waals surface area contributed by atoms with E-state index < -0.39 is 17.7 Å². The van der Waals surface area contributed by atoms with Gasteiger partial charge < -0.3 is 24.4 Å². The molecule has 1 amide bonds. The molecule has 0 aliphatic carbocycles. The van der Waals surface area contributed by atoms with E-state index in [1.54, 1.807) is 48.4 Å². The van der Waals surface area contributed by atoms with Crippen LogP contribution in [0.4, 0.5) is 0 Å². The smallest absolute Gasteiger partial charge is 0.295 e. The van der Waals surface area contributed by atoms with Gasteiger partial charge in [-0.3, -0.25) is 9.59 Å². The van der Waals surface area contributed by atoms with Crippen LogP contribution in [0, 0.1) is 0 Å². The molecule has 1 aliphatic rings. The van der Waals surface area contributed by atoms with Crippen LogP contribution in [0.3, 0.4) is 0 Å². The molecule has 1 aliphatic heterocycles. The zero-order valence-electron chi connectivity index (χ0n) is 20.4. The van der Waals surface area contributed by atoms with Crippen molar-refractivity contribution in [3.63, 3.8) is 0 Å². The number of rotatable bonds is 11. The number of hydrogen-bond acceptors (Lipinski definition) is 6. The first kappa shape index (κ1) is 25.3. The van der Waals surface area contributed by atoms with E-state index >= 15 is 0 Å². The van der Waals surface area contributed by atoms with Gasteiger partial charge in [-0.1, -0.05) is 50.2 Å². The maximum absolute atomic E-state index is 13.2. The van der Waals surface area contributed by atoms with Crippen molar-refractivity contribution in [2.45, 2.75) is 33.2 Å². The van der Waals surface area contributed by atoms with Crippen LogP contribution in [-0.4, -0.2) is 66.5 Å². The van der Waals surface area contributed by atoms with E-state index in [9.17, 15) is 14.7 Å². The van der Waals surface area contributed by atoms with Gasteiger partial charge in [-0.2, -0.15) is 0 Å². The summed E-state index contributed by atoms with van der Waals surface area (Å²) in [6.45, 7) is 9.61. The first-order chi connectivity index (χ1) is 16.5. The Morgan fingerprint density at radius 3 is 2.35 bits per heavy atom. The highest BCUT2D eigenvalue weighted by atomic mass is 16.5. The van der Waals surface area contributed by atoms with Gasteiger partial charge in [0.25, 0.3) is 11.7 Å². The summed E-state index contributed by atoms with van der Waals surface area (Å²) in [6.07, 6.45) is 0.713. The molecule has 1 heterocycles. The van der Waals surface area contributed by atoms with Crippen molar-refractivity contribution in [3.8, 4) is 11.5 Å². The summed E-state index contributed by atoms with van der Waals surface area (Å²) < 4.78 is 11.1. The normalized spacial score (nSPS) is 17.4. The van der Waals surface area contributed by atoms with Crippen LogP contribution >= 0.6 is 0 Å². The highest BCUT2D eigenvalue weighted by molar-refractivity contribution is 6.46. The molecule has 1 saturated heterocycles. The number of methoxy groups -OCH3 is 1. The number of ketones is 1. The maximum atomic E-state index is 13.2. The molecule has 182 valence electrons. The lowest BCUT2D eigenvalue weighted by molar-refractivity contribution is -0.140. The van der Waals surface area contributed by atoms with Gasteiger partial charge in [0, 0.05) is 12.1 Å². The first-order valence-electron chi connectivity index (χ1n) is 11.8. The Labute approximate surface area is 201 Å². The van der Waals surface area contributed by atoms with Crippen molar-refractivity contribution in [1.29, 1.82) is 0 Å². The van der Waals surface area contributed by atoms with E-state index in [0.717, 1.165) is 19.6 Å². The molecule has 1 fully saturated rings. The van der Waals surface area contributed by atoms with Crippen molar-refractivity contribution in [3.05, 3.63) is 65.2 Å². The fraction of sp³-hybridized carbons (Fsp3) is 0.407. The molecule has 3 rings (SSSR count). The maximum Gasteiger partial charge on any atom is 0.295 e. The minimum absolute atomic E-state index is 0.0882. The van der Waals surface area contributed by atoms with E-state index in [1.807, 2.05) is 19.1 Å². The molecule has 1 atom stereocenters. The van der Waals surface area contributed by atoms with Crippen molar-refractivity contribution in [2.75, 3.05) is 39.9 Å². The van der Waals surface area contributed by atoms with Crippen LogP contribution in [0.2, 0.25) is 0 Å². The minimum atomic E-state index is -0.721. The zero-order valence-corrected chi connectivity index (χ0v) is 20.4. The van der Waals surface area contributed by atoms with E-state index in [4.69, 9.17) is 9.47 Å². The molecule has 0 spiro atoms. The predicted octanol–water partition coefficient (Wildman–Crippen LogP) is 4.25. The first-order valence-corrected chi connectivity index (χ1v) is 11.8. The average Bonchev–Trinajstić information content (AvgIpc) is 3.12. The molecule has 0 unspecified atom stereocenters.